The van der Waals surface area contributed by atoms with Crippen molar-refractivity contribution in [3.8, 4) is 9.98 Å². The minimum absolute atomic E-state index is 1.12. The van der Waals surface area contributed by atoms with Crippen molar-refractivity contribution in [3.05, 3.63) is 60.7 Å². The Kier molecular flexibility index (Phi) is 4.55. The van der Waals surface area contributed by atoms with Crippen molar-refractivity contribution in [3.63, 3.8) is 0 Å². The molecular weight excluding hydrogens is 337 g/mol. The predicted molar refractivity (Wildman–Crippen MR) is 86.1 cm³/mol. The minimum atomic E-state index is -2.09. The first-order valence-electron chi connectivity index (χ1n) is 6.49. The van der Waals surface area contributed by atoms with Crippen molar-refractivity contribution in [1.29, 1.82) is 0 Å². The van der Waals surface area contributed by atoms with Crippen LogP contribution in [0.2, 0.25) is 14.8 Å². The van der Waals surface area contributed by atoms with E-state index in [1.165, 1.54) is 0 Å². The molecule has 0 aliphatic carbocycles. The molecule has 2 rings (SSSR count). The topological polar surface area (TPSA) is 3.24 Å². The molecule has 0 aliphatic heterocycles. The molecule has 0 aromatic heterocycles. The molecule has 0 unspecified atom stereocenters. The second-order valence-corrected chi connectivity index (χ2v) is 19.1. The number of hydrogen-bond donors (Lipinski definition) is 0. The van der Waals surface area contributed by atoms with Gasteiger partial charge in [-0.15, -0.1) is 0 Å². The summed E-state index contributed by atoms with van der Waals surface area (Å²) in [6, 6.07) is 24.0. The molecule has 0 N–H and O–H groups in total. The Morgan fingerprint density at radius 3 is 1.53 bits per heavy atom. The van der Waals surface area contributed by atoms with Crippen LogP contribution in [0.3, 0.4) is 0 Å². The van der Waals surface area contributed by atoms with E-state index in [1.54, 1.807) is 0 Å². The number of nitrogens with zero attached hydrogens (tertiary/aromatic N) is 1. The van der Waals surface area contributed by atoms with Gasteiger partial charge < -0.3 is 0 Å². The van der Waals surface area contributed by atoms with Gasteiger partial charge in [0.15, 0.2) is 0 Å². The van der Waals surface area contributed by atoms with E-state index in [-0.39, 0.29) is 0 Å². The molecule has 0 saturated heterocycles. The molecule has 0 radical (unpaired) electrons. The molecule has 2 aromatic carbocycles. The van der Waals surface area contributed by atoms with Crippen LogP contribution < -0.4 is 4.90 Å². The molecule has 1 nitrogen and oxygen atoms in total. The summed E-state index contributed by atoms with van der Waals surface area (Å²) in [5, 5.41) is 0. The van der Waals surface area contributed by atoms with E-state index in [4.69, 9.17) is 0 Å². The van der Waals surface area contributed by atoms with Crippen LogP contribution in [0, 0.1) is 9.98 Å². The molecular formula is C17H19NSn. The SMILES string of the molecule is [CH3][Sn]([CH3])([CH3])[C]#CN(c1ccccc1)c1ccccc1. The van der Waals surface area contributed by atoms with Gasteiger partial charge in [-0.25, -0.2) is 0 Å². The number of hydrogen-bond acceptors (Lipinski definition) is 1. The van der Waals surface area contributed by atoms with Crippen molar-refractivity contribution < 1.29 is 0 Å². The van der Waals surface area contributed by atoms with Crippen molar-refractivity contribution in [2.45, 2.75) is 14.8 Å². The summed E-state index contributed by atoms with van der Waals surface area (Å²) >= 11 is -2.09. The van der Waals surface area contributed by atoms with E-state index in [0.717, 1.165) is 11.4 Å². The van der Waals surface area contributed by atoms with Crippen LogP contribution >= 0.6 is 0 Å². The molecule has 0 saturated carbocycles. The Morgan fingerprint density at radius 1 is 0.737 bits per heavy atom. The fraction of sp³-hybridized carbons (Fsp3) is 0.176. The van der Waals surface area contributed by atoms with Crippen LogP contribution in [0.25, 0.3) is 0 Å². The van der Waals surface area contributed by atoms with Gasteiger partial charge >= 0.3 is 120 Å². The number of rotatable bonds is 2. The Bertz CT molecular complexity index is 534. The van der Waals surface area contributed by atoms with Crippen molar-refractivity contribution in [2.75, 3.05) is 4.90 Å². The zero-order valence-electron chi connectivity index (χ0n) is 11.7. The van der Waals surface area contributed by atoms with Gasteiger partial charge in [-0.1, -0.05) is 0 Å². The van der Waals surface area contributed by atoms with Gasteiger partial charge in [0.2, 0.25) is 0 Å². The third-order valence-electron chi connectivity index (χ3n) is 2.57. The Hall–Kier alpha value is -1.40. The standard InChI is InChI=1S/C14H10N.3CH3.Sn/c1-2-15(13-9-5-3-6-10-13)14-11-7-4-8-12-14;;;;/h3-12H;3*1H3;. The molecule has 19 heavy (non-hydrogen) atoms. The van der Waals surface area contributed by atoms with Crippen LogP contribution in [0.4, 0.5) is 11.4 Å². The van der Waals surface area contributed by atoms with E-state index >= 15 is 0 Å². The monoisotopic (exact) mass is 357 g/mol. The van der Waals surface area contributed by atoms with Crippen molar-refractivity contribution in [1.82, 2.24) is 0 Å². The number of benzene rings is 2. The van der Waals surface area contributed by atoms with Crippen LogP contribution in [-0.2, 0) is 0 Å². The van der Waals surface area contributed by atoms with Gasteiger partial charge in [-0.2, -0.15) is 0 Å². The average Bonchev–Trinajstić information content (AvgIpc) is 2.40. The first-order chi connectivity index (χ1) is 9.06. The summed E-state index contributed by atoms with van der Waals surface area (Å²) in [5.41, 5.74) is 2.24. The Labute approximate surface area is 120 Å². The van der Waals surface area contributed by atoms with E-state index in [0.29, 0.717) is 0 Å². The molecule has 0 atom stereocenters. The Morgan fingerprint density at radius 2 is 1.16 bits per heavy atom. The molecule has 0 spiro atoms. The summed E-state index contributed by atoms with van der Waals surface area (Å²) in [7, 11) is 0. The van der Waals surface area contributed by atoms with E-state index < -0.39 is 18.4 Å². The quantitative estimate of drug-likeness (QED) is 0.430. The summed E-state index contributed by atoms with van der Waals surface area (Å²) in [5.74, 6) is 0. The predicted octanol–water partition coefficient (Wildman–Crippen LogP) is 4.66. The van der Waals surface area contributed by atoms with E-state index in [2.05, 4.69) is 54.0 Å². The molecule has 0 amide bonds. The van der Waals surface area contributed by atoms with Gasteiger partial charge in [0.1, 0.15) is 0 Å². The zero-order chi connectivity index (χ0) is 13.7. The molecule has 0 aliphatic rings. The summed E-state index contributed by atoms with van der Waals surface area (Å²) in [4.78, 5) is 9.07. The first kappa shape index (κ1) is 14.0. The number of para-hydroxylation sites is 2. The third kappa shape index (κ3) is 4.33. The maximum atomic E-state index is 3.50. The van der Waals surface area contributed by atoms with E-state index in [1.807, 2.05) is 36.4 Å². The first-order valence-corrected chi connectivity index (χ1v) is 16.5. The van der Waals surface area contributed by atoms with Crippen LogP contribution in [0.15, 0.2) is 60.7 Å². The number of anilines is 2. The maximum absolute atomic E-state index is 3.50. The van der Waals surface area contributed by atoms with Crippen molar-refractivity contribution in [2.24, 2.45) is 0 Å². The molecule has 2 heteroatoms. The normalized spacial score (nSPS) is 10.5. The molecule has 96 valence electrons. The zero-order valence-corrected chi connectivity index (χ0v) is 14.6. The van der Waals surface area contributed by atoms with E-state index in [9.17, 15) is 0 Å². The van der Waals surface area contributed by atoms with Crippen LogP contribution in [-0.4, -0.2) is 18.4 Å². The fourth-order valence-corrected chi connectivity index (χ4v) is 2.93. The summed E-state index contributed by atoms with van der Waals surface area (Å²) < 4.78 is 3.50. The van der Waals surface area contributed by atoms with Gasteiger partial charge in [0.05, 0.1) is 0 Å². The van der Waals surface area contributed by atoms with Gasteiger partial charge in [0, 0.05) is 0 Å². The fourth-order valence-electron chi connectivity index (χ4n) is 1.66. The van der Waals surface area contributed by atoms with Gasteiger partial charge in [-0.05, 0) is 0 Å². The molecule has 2 aromatic rings. The second kappa shape index (κ2) is 6.16. The molecule has 0 fully saturated rings. The Balaban J connectivity index is 2.42. The molecule has 0 heterocycles. The molecule has 0 bridgehead atoms. The van der Waals surface area contributed by atoms with Gasteiger partial charge in [-0.3, -0.25) is 0 Å². The summed E-state index contributed by atoms with van der Waals surface area (Å²) in [6.45, 7) is 0. The van der Waals surface area contributed by atoms with Gasteiger partial charge in [0.25, 0.3) is 0 Å². The van der Waals surface area contributed by atoms with Crippen LogP contribution in [0.1, 0.15) is 0 Å². The average molecular weight is 356 g/mol. The van der Waals surface area contributed by atoms with Crippen LogP contribution in [0.5, 0.6) is 0 Å². The third-order valence-corrected chi connectivity index (χ3v) is 5.03. The summed E-state index contributed by atoms with van der Waals surface area (Å²) in [6.07, 6.45) is 0. The second-order valence-electron chi connectivity index (χ2n) is 5.49. The van der Waals surface area contributed by atoms with Crippen molar-refractivity contribution >= 4 is 29.8 Å².